The number of hydrogen-bond acceptors (Lipinski definition) is 2. The van der Waals surface area contributed by atoms with Crippen LogP contribution in [0.3, 0.4) is 0 Å². The molecule has 0 aromatic carbocycles. The highest BCUT2D eigenvalue weighted by Gasteiger charge is 2.23. The van der Waals surface area contributed by atoms with Gasteiger partial charge in [-0.05, 0) is 17.4 Å². The molecular weight excluding hydrogens is 205 g/mol. The number of nitrogens with zero attached hydrogens (tertiary/aromatic N) is 3. The molecule has 1 rings (SSSR count). The van der Waals surface area contributed by atoms with E-state index in [0.717, 1.165) is 10.7 Å². The van der Waals surface area contributed by atoms with Crippen LogP contribution in [0.15, 0.2) is 25.3 Å². The third-order valence-corrected chi connectivity index (χ3v) is 3.27. The maximum absolute atomic E-state index is 4.18. The molecule has 0 aliphatic heterocycles. The highest BCUT2D eigenvalue weighted by atomic mass is 31.2. The maximum atomic E-state index is 4.18. The molecule has 0 bridgehead atoms. The molecule has 0 fully saturated rings. The Morgan fingerprint density at radius 1 is 1.13 bits per heavy atom. The summed E-state index contributed by atoms with van der Waals surface area (Å²) in [5, 5.41) is 10.2. The van der Waals surface area contributed by atoms with E-state index >= 15 is 0 Å². The van der Waals surface area contributed by atoms with E-state index in [-0.39, 0.29) is 0 Å². The molecule has 1 aromatic heterocycles. The molecule has 3 nitrogen and oxygen atoms in total. The summed E-state index contributed by atoms with van der Waals surface area (Å²) in [5.74, 6) is 0. The highest BCUT2D eigenvalue weighted by Crippen LogP contribution is 2.44. The summed E-state index contributed by atoms with van der Waals surface area (Å²) < 4.78 is 1.99. The monoisotopic (exact) mass is 222 g/mol. The van der Waals surface area contributed by atoms with Crippen LogP contribution in [0, 0.1) is 0 Å². The predicted octanol–water partition coefficient (Wildman–Crippen LogP) is 0.881. The van der Waals surface area contributed by atoms with E-state index in [2.05, 4.69) is 43.5 Å². The summed E-state index contributed by atoms with van der Waals surface area (Å²) in [6.07, 6.45) is 7.26. The molecule has 0 saturated heterocycles. The van der Waals surface area contributed by atoms with Crippen LogP contribution in [0.2, 0.25) is 0 Å². The first-order valence-corrected chi connectivity index (χ1v) is 7.78. The Hall–Kier alpha value is -1.21. The van der Waals surface area contributed by atoms with Gasteiger partial charge in [0.2, 0.25) is 0 Å². The van der Waals surface area contributed by atoms with Crippen LogP contribution in [0.4, 0.5) is 0 Å². The second-order valence-electron chi connectivity index (χ2n) is 4.00. The number of rotatable bonds is 3. The van der Waals surface area contributed by atoms with E-state index in [1.807, 2.05) is 16.6 Å². The number of hydrogen-bond donors (Lipinski definition) is 0. The summed E-state index contributed by atoms with van der Waals surface area (Å²) in [6.45, 7) is 14.0. The number of allylic oxidation sites excluding steroid dienone is 2. The van der Waals surface area contributed by atoms with Gasteiger partial charge in [-0.1, -0.05) is 25.3 Å². The van der Waals surface area contributed by atoms with Crippen LogP contribution in [0.5, 0.6) is 0 Å². The Morgan fingerprint density at radius 3 is 2.20 bits per heavy atom. The minimum atomic E-state index is -1.23. The smallest absolute Gasteiger partial charge is 0.127 e. The van der Waals surface area contributed by atoms with Gasteiger partial charge in [0.15, 0.2) is 0 Å². The van der Waals surface area contributed by atoms with Crippen molar-refractivity contribution in [3.8, 4) is 0 Å². The average Bonchev–Trinajstić information content (AvgIpc) is 2.49. The highest BCUT2D eigenvalue weighted by molar-refractivity contribution is 7.72. The summed E-state index contributed by atoms with van der Waals surface area (Å²) in [5.41, 5.74) is 0. The normalized spacial score (nSPS) is 14.3. The van der Waals surface area contributed by atoms with E-state index < -0.39 is 7.41 Å². The van der Waals surface area contributed by atoms with Crippen LogP contribution in [-0.4, -0.2) is 34.8 Å². The van der Waals surface area contributed by atoms with Crippen LogP contribution < -0.4 is 10.7 Å². The van der Waals surface area contributed by atoms with Crippen LogP contribution >= 0.6 is 7.41 Å². The lowest BCUT2D eigenvalue weighted by molar-refractivity contribution is 0.856. The summed E-state index contributed by atoms with van der Waals surface area (Å²) in [6, 6.07) is 0. The van der Waals surface area contributed by atoms with Crippen molar-refractivity contribution in [2.75, 3.05) is 20.0 Å². The van der Waals surface area contributed by atoms with Crippen molar-refractivity contribution < 1.29 is 0 Å². The molecular formula is C11H17N3P+. The van der Waals surface area contributed by atoms with Gasteiger partial charge in [-0.25, -0.2) is 0 Å². The predicted molar refractivity (Wildman–Crippen MR) is 68.7 cm³/mol. The Bertz CT molecular complexity index is 477. The van der Waals surface area contributed by atoms with Crippen LogP contribution in [-0.2, 0) is 0 Å². The number of aromatic nitrogens is 3. The second-order valence-corrected chi connectivity index (χ2v) is 8.26. The third kappa shape index (κ3) is 2.63. The van der Waals surface area contributed by atoms with Crippen molar-refractivity contribution in [2.24, 2.45) is 0 Å². The lowest BCUT2D eigenvalue weighted by Crippen LogP contribution is -2.30. The fraction of sp³-hybridized carbons (Fsp3) is 0.273. The lowest BCUT2D eigenvalue weighted by Gasteiger charge is -2.09. The van der Waals surface area contributed by atoms with E-state index in [4.69, 9.17) is 0 Å². The molecule has 1 aromatic rings. The van der Waals surface area contributed by atoms with Crippen molar-refractivity contribution in [1.29, 1.82) is 0 Å². The molecule has 0 atom stereocenters. The van der Waals surface area contributed by atoms with Gasteiger partial charge in [-0.15, -0.1) is 9.55 Å². The summed E-state index contributed by atoms with van der Waals surface area (Å²) >= 11 is 0. The van der Waals surface area contributed by atoms with Gasteiger partial charge in [-0.2, -0.15) is 0 Å². The molecule has 0 aliphatic rings. The van der Waals surface area contributed by atoms with Gasteiger partial charge in [-0.3, -0.25) is 0 Å². The molecule has 0 unspecified atom stereocenters. The van der Waals surface area contributed by atoms with Crippen molar-refractivity contribution >= 4 is 19.6 Å². The fourth-order valence-corrected chi connectivity index (χ4v) is 2.33. The molecule has 0 N–H and O–H groups in total. The Balaban J connectivity index is 3.59. The zero-order valence-corrected chi connectivity index (χ0v) is 10.4. The molecule has 0 spiro atoms. The quantitative estimate of drug-likeness (QED) is 0.711. The van der Waals surface area contributed by atoms with Gasteiger partial charge in [0.05, 0.1) is 20.0 Å². The van der Waals surface area contributed by atoms with Crippen molar-refractivity contribution in [2.45, 2.75) is 0 Å². The topological polar surface area (TPSA) is 30.7 Å². The van der Waals surface area contributed by atoms with E-state index in [1.54, 1.807) is 12.2 Å². The van der Waals surface area contributed by atoms with E-state index in [1.165, 1.54) is 0 Å². The van der Waals surface area contributed by atoms with Gasteiger partial charge in [0, 0.05) is 0 Å². The van der Waals surface area contributed by atoms with Crippen LogP contribution in [0.1, 0.15) is 0 Å². The molecule has 0 aliphatic carbocycles. The summed E-state index contributed by atoms with van der Waals surface area (Å²) in [4.78, 5) is 0. The average molecular weight is 222 g/mol. The van der Waals surface area contributed by atoms with Crippen molar-refractivity contribution in [3.63, 3.8) is 0 Å². The fourth-order valence-electron chi connectivity index (χ4n) is 1.23. The molecule has 0 radical (unpaired) electrons. The SMILES string of the molecule is C=C/C=c1/nnn([P+](C)(C)C)/c1=C/C=C. The Labute approximate surface area is 90.9 Å². The molecule has 80 valence electrons. The van der Waals surface area contributed by atoms with E-state index in [0.29, 0.717) is 0 Å². The summed E-state index contributed by atoms with van der Waals surface area (Å²) in [7, 11) is -1.23. The zero-order chi connectivity index (χ0) is 11.5. The lowest BCUT2D eigenvalue weighted by atomic mass is 10.4. The minimum Gasteiger partial charge on any atom is -0.127 e. The molecule has 15 heavy (non-hydrogen) atoms. The van der Waals surface area contributed by atoms with Gasteiger partial charge in [0.25, 0.3) is 0 Å². The van der Waals surface area contributed by atoms with E-state index in [9.17, 15) is 0 Å². The Kier molecular flexibility index (Phi) is 3.59. The van der Waals surface area contributed by atoms with Gasteiger partial charge < -0.3 is 0 Å². The van der Waals surface area contributed by atoms with Crippen molar-refractivity contribution in [3.05, 3.63) is 36.0 Å². The molecule has 0 saturated carbocycles. The molecule has 4 heteroatoms. The minimum absolute atomic E-state index is 0.847. The first kappa shape index (κ1) is 11.9. The maximum Gasteiger partial charge on any atom is 0.128 e. The first-order chi connectivity index (χ1) is 7.00. The molecule has 0 amide bonds. The van der Waals surface area contributed by atoms with Crippen LogP contribution in [0.25, 0.3) is 12.2 Å². The first-order valence-electron chi connectivity index (χ1n) is 4.70. The second kappa shape index (κ2) is 4.54. The van der Waals surface area contributed by atoms with Gasteiger partial charge >= 0.3 is 0 Å². The zero-order valence-electron chi connectivity index (χ0n) is 9.51. The standard InChI is InChI=1S/C11H17N3P/c1-6-8-10-11(9-7-2)14(13-12-10)15(3,4)5/h6-9H,1-2H2,3-5H3/q+1/b10-8+,11-9+. The van der Waals surface area contributed by atoms with Crippen molar-refractivity contribution in [1.82, 2.24) is 14.8 Å². The van der Waals surface area contributed by atoms with Gasteiger partial charge in [0.1, 0.15) is 18.1 Å². The molecule has 1 heterocycles. The Morgan fingerprint density at radius 2 is 1.73 bits per heavy atom. The third-order valence-electron chi connectivity index (χ3n) is 1.83. The largest absolute Gasteiger partial charge is 0.128 e.